The maximum absolute atomic E-state index is 13.0. The van der Waals surface area contributed by atoms with E-state index in [4.69, 9.17) is 0 Å². The van der Waals surface area contributed by atoms with E-state index >= 15 is 0 Å². The monoisotopic (exact) mass is 264 g/mol. The zero-order valence-electron chi connectivity index (χ0n) is 11.6. The van der Waals surface area contributed by atoms with E-state index in [0.717, 1.165) is 25.9 Å². The van der Waals surface area contributed by atoms with Gasteiger partial charge in [-0.15, -0.1) is 0 Å². The first-order valence-corrected chi connectivity index (χ1v) is 6.75. The van der Waals surface area contributed by atoms with Crippen LogP contribution in [0.3, 0.4) is 0 Å². The molecule has 1 unspecified atom stereocenters. The van der Waals surface area contributed by atoms with Gasteiger partial charge < -0.3 is 10.6 Å². The maximum atomic E-state index is 13.0. The van der Waals surface area contributed by atoms with Gasteiger partial charge in [0.15, 0.2) is 0 Å². The zero-order valence-corrected chi connectivity index (χ0v) is 11.6. The Kier molecular flexibility index (Phi) is 4.20. The van der Waals surface area contributed by atoms with Crippen molar-refractivity contribution >= 4 is 5.91 Å². The largest absolute Gasteiger partial charge is 0.351 e. The summed E-state index contributed by atoms with van der Waals surface area (Å²) in [5.41, 5.74) is 1.33. The Hall–Kier alpha value is -1.42. The van der Waals surface area contributed by atoms with Crippen LogP contribution in [-0.2, 0) is 0 Å². The second-order valence-electron chi connectivity index (χ2n) is 5.73. The SMILES string of the molecule is Cc1cc(F)ccc1C(=O)NCC1(C)CCCNC1. The average Bonchev–Trinajstić information content (AvgIpc) is 2.37. The van der Waals surface area contributed by atoms with Crippen molar-refractivity contribution in [2.45, 2.75) is 26.7 Å². The van der Waals surface area contributed by atoms with Crippen molar-refractivity contribution in [3.05, 3.63) is 35.1 Å². The standard InChI is InChI=1S/C15H21FN2O/c1-11-8-12(16)4-5-13(11)14(19)18-10-15(2)6-3-7-17-9-15/h4-5,8,17H,3,6-7,9-10H2,1-2H3,(H,18,19). The number of piperidine rings is 1. The van der Waals surface area contributed by atoms with E-state index in [2.05, 4.69) is 17.6 Å². The second kappa shape index (κ2) is 5.70. The van der Waals surface area contributed by atoms with Gasteiger partial charge in [-0.2, -0.15) is 0 Å². The van der Waals surface area contributed by atoms with Gasteiger partial charge >= 0.3 is 0 Å². The number of amides is 1. The molecule has 3 nitrogen and oxygen atoms in total. The third-order valence-corrected chi connectivity index (χ3v) is 3.79. The van der Waals surface area contributed by atoms with Crippen LogP contribution in [0.25, 0.3) is 0 Å². The van der Waals surface area contributed by atoms with Crippen LogP contribution in [-0.4, -0.2) is 25.5 Å². The molecule has 1 fully saturated rings. The third-order valence-electron chi connectivity index (χ3n) is 3.79. The number of hydrogen-bond donors (Lipinski definition) is 2. The first-order valence-electron chi connectivity index (χ1n) is 6.75. The lowest BCUT2D eigenvalue weighted by atomic mass is 9.83. The Labute approximate surface area is 113 Å². The Morgan fingerprint density at radius 2 is 2.32 bits per heavy atom. The van der Waals surface area contributed by atoms with Gasteiger partial charge in [-0.1, -0.05) is 6.92 Å². The molecule has 1 heterocycles. The van der Waals surface area contributed by atoms with Gasteiger partial charge in [-0.25, -0.2) is 4.39 Å². The van der Waals surface area contributed by atoms with Crippen LogP contribution in [0.4, 0.5) is 4.39 Å². The maximum Gasteiger partial charge on any atom is 0.251 e. The van der Waals surface area contributed by atoms with Crippen molar-refractivity contribution in [2.75, 3.05) is 19.6 Å². The molecule has 1 aromatic carbocycles. The van der Waals surface area contributed by atoms with Gasteiger partial charge in [0.05, 0.1) is 0 Å². The minimum absolute atomic E-state index is 0.113. The molecule has 1 aromatic rings. The van der Waals surface area contributed by atoms with E-state index in [1.807, 2.05) is 0 Å². The number of rotatable bonds is 3. The normalized spacial score (nSPS) is 23.1. The van der Waals surface area contributed by atoms with Crippen molar-refractivity contribution in [1.82, 2.24) is 10.6 Å². The fraction of sp³-hybridized carbons (Fsp3) is 0.533. The highest BCUT2D eigenvalue weighted by molar-refractivity contribution is 5.95. The minimum Gasteiger partial charge on any atom is -0.351 e. The molecule has 1 aliphatic rings. The summed E-state index contributed by atoms with van der Waals surface area (Å²) < 4.78 is 13.0. The number of aryl methyl sites for hydroxylation is 1. The smallest absolute Gasteiger partial charge is 0.251 e. The molecule has 0 saturated carbocycles. The first-order chi connectivity index (χ1) is 9.00. The molecule has 1 atom stereocenters. The van der Waals surface area contributed by atoms with Crippen molar-refractivity contribution in [2.24, 2.45) is 5.41 Å². The fourth-order valence-corrected chi connectivity index (χ4v) is 2.54. The highest BCUT2D eigenvalue weighted by Gasteiger charge is 2.27. The summed E-state index contributed by atoms with van der Waals surface area (Å²) in [6.07, 6.45) is 2.25. The summed E-state index contributed by atoms with van der Waals surface area (Å²) in [7, 11) is 0. The van der Waals surface area contributed by atoms with E-state index in [1.165, 1.54) is 12.1 Å². The van der Waals surface area contributed by atoms with E-state index in [0.29, 0.717) is 17.7 Å². The summed E-state index contributed by atoms with van der Waals surface area (Å²) in [5.74, 6) is -0.429. The van der Waals surface area contributed by atoms with Crippen LogP contribution in [0.15, 0.2) is 18.2 Å². The third kappa shape index (κ3) is 3.53. The summed E-state index contributed by atoms with van der Waals surface area (Å²) in [6.45, 7) is 6.56. The van der Waals surface area contributed by atoms with Crippen molar-refractivity contribution in [3.8, 4) is 0 Å². The summed E-state index contributed by atoms with van der Waals surface area (Å²) in [5, 5.41) is 6.32. The molecule has 2 rings (SSSR count). The van der Waals surface area contributed by atoms with Gasteiger partial charge in [0, 0.05) is 18.7 Å². The van der Waals surface area contributed by atoms with Crippen LogP contribution in [0.5, 0.6) is 0 Å². The van der Waals surface area contributed by atoms with Crippen LogP contribution < -0.4 is 10.6 Å². The predicted molar refractivity (Wildman–Crippen MR) is 73.7 cm³/mol. The molecule has 4 heteroatoms. The molecule has 0 aromatic heterocycles. The van der Waals surface area contributed by atoms with E-state index < -0.39 is 0 Å². The molecule has 19 heavy (non-hydrogen) atoms. The number of carbonyl (C=O) groups is 1. The van der Waals surface area contributed by atoms with Crippen molar-refractivity contribution in [3.63, 3.8) is 0 Å². The molecule has 1 aliphatic heterocycles. The molecule has 2 N–H and O–H groups in total. The molecule has 0 bridgehead atoms. The molecule has 0 aliphatic carbocycles. The molecule has 0 radical (unpaired) electrons. The average molecular weight is 264 g/mol. The van der Waals surface area contributed by atoms with Crippen LogP contribution in [0.2, 0.25) is 0 Å². The van der Waals surface area contributed by atoms with E-state index in [1.54, 1.807) is 13.0 Å². The van der Waals surface area contributed by atoms with Crippen molar-refractivity contribution < 1.29 is 9.18 Å². The summed E-state index contributed by atoms with van der Waals surface area (Å²) in [6, 6.07) is 4.26. The molecular weight excluding hydrogens is 243 g/mol. The number of halogens is 1. The summed E-state index contributed by atoms with van der Waals surface area (Å²) >= 11 is 0. The molecule has 1 amide bonds. The van der Waals surface area contributed by atoms with E-state index in [9.17, 15) is 9.18 Å². The minimum atomic E-state index is -0.308. The fourth-order valence-electron chi connectivity index (χ4n) is 2.54. The second-order valence-corrected chi connectivity index (χ2v) is 5.73. The van der Waals surface area contributed by atoms with Gasteiger partial charge in [0.1, 0.15) is 5.82 Å². The van der Waals surface area contributed by atoms with Crippen LogP contribution in [0.1, 0.15) is 35.7 Å². The zero-order chi connectivity index (χ0) is 13.9. The van der Waals surface area contributed by atoms with E-state index in [-0.39, 0.29) is 17.1 Å². The predicted octanol–water partition coefficient (Wildman–Crippen LogP) is 2.25. The molecular formula is C15H21FN2O. The van der Waals surface area contributed by atoms with Crippen LogP contribution in [0, 0.1) is 18.2 Å². The molecule has 104 valence electrons. The number of hydrogen-bond acceptors (Lipinski definition) is 2. The summed E-state index contributed by atoms with van der Waals surface area (Å²) in [4.78, 5) is 12.1. The van der Waals surface area contributed by atoms with Gasteiger partial charge in [0.2, 0.25) is 0 Å². The molecule has 1 saturated heterocycles. The first kappa shape index (κ1) is 14.0. The Morgan fingerprint density at radius 1 is 1.53 bits per heavy atom. The topological polar surface area (TPSA) is 41.1 Å². The Morgan fingerprint density at radius 3 is 2.95 bits per heavy atom. The highest BCUT2D eigenvalue weighted by atomic mass is 19.1. The number of benzene rings is 1. The highest BCUT2D eigenvalue weighted by Crippen LogP contribution is 2.24. The lowest BCUT2D eigenvalue weighted by Gasteiger charge is -2.34. The lowest BCUT2D eigenvalue weighted by Crippen LogP contribution is -2.45. The lowest BCUT2D eigenvalue weighted by molar-refractivity contribution is 0.0924. The quantitative estimate of drug-likeness (QED) is 0.879. The van der Waals surface area contributed by atoms with Crippen molar-refractivity contribution in [1.29, 1.82) is 0 Å². The Bertz CT molecular complexity index is 467. The van der Waals surface area contributed by atoms with Crippen LogP contribution >= 0.6 is 0 Å². The molecule has 0 spiro atoms. The Balaban J connectivity index is 1.97. The van der Waals surface area contributed by atoms with Gasteiger partial charge in [-0.3, -0.25) is 4.79 Å². The number of carbonyl (C=O) groups excluding carboxylic acids is 1. The number of nitrogens with one attached hydrogen (secondary N) is 2. The van der Waals surface area contributed by atoms with Gasteiger partial charge in [0.25, 0.3) is 5.91 Å². The van der Waals surface area contributed by atoms with Gasteiger partial charge in [-0.05, 0) is 55.5 Å².